The van der Waals surface area contributed by atoms with E-state index in [1.165, 1.54) is 13.2 Å². The molecule has 1 rings (SSSR count). The topological polar surface area (TPSA) is 86.5 Å². The molecule has 168 valence electrons. The number of allylic oxidation sites excluding steroid dienone is 5. The summed E-state index contributed by atoms with van der Waals surface area (Å²) in [6, 6.07) is -0.732. The molecule has 0 aromatic heterocycles. The van der Waals surface area contributed by atoms with Gasteiger partial charge in [-0.2, -0.15) is 0 Å². The number of esters is 1. The predicted molar refractivity (Wildman–Crippen MR) is 119 cm³/mol. The highest BCUT2D eigenvalue weighted by Crippen LogP contribution is 2.45. The molecule has 0 radical (unpaired) electrons. The van der Waals surface area contributed by atoms with E-state index in [1.807, 2.05) is 60.6 Å². The fourth-order valence-electron chi connectivity index (χ4n) is 3.72. The van der Waals surface area contributed by atoms with E-state index < -0.39 is 17.4 Å². The van der Waals surface area contributed by atoms with Gasteiger partial charge < -0.3 is 4.74 Å². The monoisotopic (exact) mass is 419 g/mol. The summed E-state index contributed by atoms with van der Waals surface area (Å²) in [6.45, 7) is 14.0. The summed E-state index contributed by atoms with van der Waals surface area (Å²) in [5.41, 5.74) is 0.192. The zero-order valence-corrected chi connectivity index (χ0v) is 19.7. The van der Waals surface area contributed by atoms with E-state index in [0.29, 0.717) is 25.7 Å². The van der Waals surface area contributed by atoms with Crippen molar-refractivity contribution in [3.8, 4) is 0 Å². The summed E-state index contributed by atoms with van der Waals surface area (Å²) in [5, 5.41) is 11.8. The number of Topliss-reactive ketones (excluding diaryl/α,β-unsaturated/α-hetero) is 1. The van der Waals surface area contributed by atoms with Gasteiger partial charge in [-0.1, -0.05) is 66.7 Å². The molecule has 30 heavy (non-hydrogen) atoms. The van der Waals surface area contributed by atoms with Gasteiger partial charge in [-0.25, -0.2) is 4.79 Å². The van der Waals surface area contributed by atoms with E-state index in [2.05, 4.69) is 4.74 Å². The summed E-state index contributed by atoms with van der Waals surface area (Å²) in [4.78, 5) is 35.8. The summed E-state index contributed by atoms with van der Waals surface area (Å²) in [7, 11) is 1.31. The van der Waals surface area contributed by atoms with Crippen LogP contribution in [-0.4, -0.2) is 29.8 Å². The molecule has 0 heterocycles. The number of nitrogens with zero attached hydrogens (tertiary/aromatic N) is 1. The quantitative estimate of drug-likeness (QED) is 0.171. The fourth-order valence-corrected chi connectivity index (χ4v) is 3.72. The zero-order valence-electron chi connectivity index (χ0n) is 19.7. The summed E-state index contributed by atoms with van der Waals surface area (Å²) in [6.07, 6.45) is 8.80. The SMILES string of the molecule is COC(=O)/C=C/CCCC(CC1(C)C=C(C(C)(C)C)C(=O)C(C(C)(C)C)=C1)[N+](=O)[O-]. The molecule has 6 heteroatoms. The van der Waals surface area contributed by atoms with E-state index in [-0.39, 0.29) is 21.5 Å². The van der Waals surface area contributed by atoms with E-state index in [4.69, 9.17) is 0 Å². The highest BCUT2D eigenvalue weighted by Gasteiger charge is 2.41. The fraction of sp³-hybridized carbons (Fsp3) is 0.667. The van der Waals surface area contributed by atoms with Crippen LogP contribution in [0.1, 0.15) is 74.1 Å². The molecule has 0 aliphatic heterocycles. The second-order valence-corrected chi connectivity index (χ2v) is 10.5. The highest BCUT2D eigenvalue weighted by atomic mass is 16.6. The predicted octanol–water partition coefficient (Wildman–Crippen LogP) is 5.46. The molecule has 1 atom stereocenters. The minimum atomic E-state index is -0.732. The van der Waals surface area contributed by atoms with Crippen LogP contribution in [-0.2, 0) is 14.3 Å². The molecular formula is C24H37NO5. The molecule has 0 N–H and O–H groups in total. The van der Waals surface area contributed by atoms with E-state index >= 15 is 0 Å². The van der Waals surface area contributed by atoms with Crippen molar-refractivity contribution >= 4 is 11.8 Å². The van der Waals surface area contributed by atoms with Gasteiger partial charge in [0, 0.05) is 40.4 Å². The van der Waals surface area contributed by atoms with Gasteiger partial charge in [-0.15, -0.1) is 0 Å². The Hall–Kier alpha value is -2.24. The second kappa shape index (κ2) is 9.71. The number of hydrogen-bond donors (Lipinski definition) is 0. The van der Waals surface area contributed by atoms with E-state index in [1.54, 1.807) is 6.08 Å². The third kappa shape index (κ3) is 7.22. The Kier molecular flexibility index (Phi) is 8.35. The Bertz CT molecular complexity index is 725. The zero-order chi connectivity index (χ0) is 23.3. The number of methoxy groups -OCH3 is 1. The molecule has 0 amide bonds. The van der Waals surface area contributed by atoms with Gasteiger partial charge in [0.25, 0.3) is 0 Å². The standard InChI is InChI=1S/C24H37NO5/c1-22(2,3)18-15-24(7,16-19(21(18)27)23(4,5)6)14-17(25(28)29)12-10-9-11-13-20(26)30-8/h11,13,15-17H,9-10,12,14H2,1-8H3/b13-11+. The van der Waals surface area contributed by atoms with Gasteiger partial charge >= 0.3 is 5.97 Å². The van der Waals surface area contributed by atoms with Crippen LogP contribution < -0.4 is 0 Å². The van der Waals surface area contributed by atoms with Crippen LogP contribution in [0, 0.1) is 26.4 Å². The largest absolute Gasteiger partial charge is 0.466 e. The minimum Gasteiger partial charge on any atom is -0.466 e. The number of nitro groups is 1. The molecule has 0 fully saturated rings. The molecule has 0 saturated heterocycles. The van der Waals surface area contributed by atoms with Gasteiger partial charge in [0.2, 0.25) is 6.04 Å². The highest BCUT2D eigenvalue weighted by molar-refractivity contribution is 6.10. The lowest BCUT2D eigenvalue weighted by Crippen LogP contribution is -2.35. The third-order valence-corrected chi connectivity index (χ3v) is 5.39. The molecule has 0 bridgehead atoms. The first-order valence-electron chi connectivity index (χ1n) is 10.5. The second-order valence-electron chi connectivity index (χ2n) is 10.5. The van der Waals surface area contributed by atoms with Gasteiger partial charge in [-0.05, 0) is 23.7 Å². The van der Waals surface area contributed by atoms with Crippen molar-refractivity contribution in [2.24, 2.45) is 16.2 Å². The van der Waals surface area contributed by atoms with Gasteiger partial charge in [-0.3, -0.25) is 14.9 Å². The molecule has 0 saturated carbocycles. The smallest absolute Gasteiger partial charge is 0.330 e. The van der Waals surface area contributed by atoms with Crippen molar-refractivity contribution < 1.29 is 19.2 Å². The van der Waals surface area contributed by atoms with Crippen molar-refractivity contribution in [1.29, 1.82) is 0 Å². The molecule has 1 aliphatic carbocycles. The minimum absolute atomic E-state index is 0.0399. The summed E-state index contributed by atoms with van der Waals surface area (Å²) in [5.74, 6) is -0.391. The van der Waals surface area contributed by atoms with Crippen molar-refractivity contribution in [3.05, 3.63) is 45.6 Å². The van der Waals surface area contributed by atoms with Gasteiger partial charge in [0.1, 0.15) is 0 Å². The molecule has 0 spiro atoms. The first-order valence-corrected chi connectivity index (χ1v) is 10.5. The average molecular weight is 420 g/mol. The summed E-state index contributed by atoms with van der Waals surface area (Å²) >= 11 is 0. The van der Waals surface area contributed by atoms with E-state index in [9.17, 15) is 19.7 Å². The van der Waals surface area contributed by atoms with Crippen LogP contribution in [0.15, 0.2) is 35.5 Å². The number of unbranched alkanes of at least 4 members (excludes halogenated alkanes) is 1. The molecular weight excluding hydrogens is 382 g/mol. The molecule has 6 nitrogen and oxygen atoms in total. The van der Waals surface area contributed by atoms with Crippen LogP contribution in [0.25, 0.3) is 0 Å². The Labute approximate surface area is 180 Å². The first kappa shape index (κ1) is 25.8. The normalized spacial score (nSPS) is 18.1. The molecule has 0 aromatic rings. The van der Waals surface area contributed by atoms with Gasteiger partial charge in [0.05, 0.1) is 7.11 Å². The maximum atomic E-state index is 13.1. The Morgan fingerprint density at radius 2 is 1.67 bits per heavy atom. The van der Waals surface area contributed by atoms with Crippen molar-refractivity contribution in [1.82, 2.24) is 0 Å². The lowest BCUT2D eigenvalue weighted by molar-refractivity contribution is -0.526. The van der Waals surface area contributed by atoms with Crippen LogP contribution in [0.2, 0.25) is 0 Å². The van der Waals surface area contributed by atoms with Crippen LogP contribution in [0.4, 0.5) is 0 Å². The van der Waals surface area contributed by atoms with Crippen molar-refractivity contribution in [2.75, 3.05) is 7.11 Å². The van der Waals surface area contributed by atoms with Gasteiger partial charge in [0.15, 0.2) is 5.78 Å². The Balaban J connectivity index is 3.10. The summed E-state index contributed by atoms with van der Waals surface area (Å²) < 4.78 is 4.54. The average Bonchev–Trinajstić information content (AvgIpc) is 2.60. The number of hydrogen-bond acceptors (Lipinski definition) is 5. The number of carbonyl (C=O) groups excluding carboxylic acids is 2. The van der Waals surface area contributed by atoms with Crippen molar-refractivity contribution in [2.45, 2.75) is 80.2 Å². The van der Waals surface area contributed by atoms with Crippen LogP contribution >= 0.6 is 0 Å². The molecule has 1 aliphatic rings. The van der Waals surface area contributed by atoms with Crippen LogP contribution in [0.5, 0.6) is 0 Å². The lowest BCUT2D eigenvalue weighted by Gasteiger charge is -2.37. The number of carbonyl (C=O) groups is 2. The maximum absolute atomic E-state index is 13.1. The third-order valence-electron chi connectivity index (χ3n) is 5.39. The van der Waals surface area contributed by atoms with E-state index in [0.717, 1.165) is 11.1 Å². The first-order chi connectivity index (χ1) is 13.6. The molecule has 0 aromatic carbocycles. The number of rotatable bonds is 8. The number of ketones is 1. The Morgan fingerprint density at radius 3 is 2.07 bits per heavy atom. The van der Waals surface area contributed by atoms with Crippen LogP contribution in [0.3, 0.4) is 0 Å². The lowest BCUT2D eigenvalue weighted by atomic mass is 9.65. The Morgan fingerprint density at radius 1 is 1.17 bits per heavy atom. The number of ether oxygens (including phenoxy) is 1. The maximum Gasteiger partial charge on any atom is 0.330 e. The van der Waals surface area contributed by atoms with Crippen molar-refractivity contribution in [3.63, 3.8) is 0 Å². The molecule has 1 unspecified atom stereocenters.